The number of benzene rings is 2. The molecule has 22 heavy (non-hydrogen) atoms. The molecular formula is C16H13N3O2S. The Morgan fingerprint density at radius 1 is 0.955 bits per heavy atom. The van der Waals surface area contributed by atoms with Gasteiger partial charge in [0, 0.05) is 0 Å². The lowest BCUT2D eigenvalue weighted by molar-refractivity contribution is -0.119. The molecule has 1 amide bonds. The van der Waals surface area contributed by atoms with Crippen LogP contribution < -0.4 is 5.32 Å². The molecule has 1 N–H and O–H groups in total. The lowest BCUT2D eigenvalue weighted by atomic mass is 9.98. The molecule has 1 aliphatic heterocycles. The van der Waals surface area contributed by atoms with Crippen LogP contribution in [0.3, 0.4) is 0 Å². The second kappa shape index (κ2) is 6.05. The van der Waals surface area contributed by atoms with Crippen molar-refractivity contribution in [1.29, 1.82) is 0 Å². The van der Waals surface area contributed by atoms with Crippen molar-refractivity contribution in [3.8, 4) is 0 Å². The monoisotopic (exact) mass is 311 g/mol. The number of rotatable bonds is 2. The van der Waals surface area contributed by atoms with Gasteiger partial charge in [-0.15, -0.1) is 0 Å². The van der Waals surface area contributed by atoms with Gasteiger partial charge < -0.3 is 10.8 Å². The summed E-state index contributed by atoms with van der Waals surface area (Å²) in [6.45, 7) is 0. The Labute approximate surface area is 130 Å². The minimum Gasteiger partial charge on any atom is -0.360 e. The second-order valence-electron chi connectivity index (χ2n) is 4.90. The summed E-state index contributed by atoms with van der Waals surface area (Å²) >= 11 is 0. The molecule has 0 aliphatic carbocycles. The first kappa shape index (κ1) is 14.4. The van der Waals surface area contributed by atoms with Gasteiger partial charge in [-0.2, -0.15) is 4.79 Å². The fraction of sp³-hybridized carbons (Fsp3) is 0.125. The fourth-order valence-electron chi connectivity index (χ4n) is 2.58. The highest BCUT2D eigenvalue weighted by Crippen LogP contribution is 2.36. The second-order valence-corrected chi connectivity index (χ2v) is 6.39. The van der Waals surface area contributed by atoms with E-state index in [1.807, 2.05) is 60.7 Å². The minimum atomic E-state index is -1.74. The standard InChI is InChI=1S/C16H13N3O2S/c17-19-16-15(20)18-13(11-7-3-1-4-8-11)14(22(16)21)12-9-5-2-6-10-12/h1-10,13-14H,(H,18,20)/t13-,14-,22+/m0/s1. The summed E-state index contributed by atoms with van der Waals surface area (Å²) in [5.74, 6) is -0.609. The summed E-state index contributed by atoms with van der Waals surface area (Å²) in [5, 5.41) is 1.94. The quantitative estimate of drug-likeness (QED) is 0.679. The molecule has 0 radical (unpaired) electrons. The summed E-state index contributed by atoms with van der Waals surface area (Å²) < 4.78 is 12.7. The predicted molar refractivity (Wildman–Crippen MR) is 83.3 cm³/mol. The van der Waals surface area contributed by atoms with Gasteiger partial charge in [-0.25, -0.2) is 4.21 Å². The van der Waals surface area contributed by atoms with Crippen molar-refractivity contribution < 1.29 is 13.8 Å². The van der Waals surface area contributed by atoms with Crippen molar-refractivity contribution in [3.05, 3.63) is 77.3 Å². The zero-order chi connectivity index (χ0) is 15.5. The first-order valence-electron chi connectivity index (χ1n) is 6.75. The smallest absolute Gasteiger partial charge is 0.360 e. The molecule has 2 aromatic carbocycles. The molecule has 6 heteroatoms. The van der Waals surface area contributed by atoms with Gasteiger partial charge in [0.05, 0.1) is 11.3 Å². The van der Waals surface area contributed by atoms with Gasteiger partial charge in [-0.1, -0.05) is 60.7 Å². The maximum absolute atomic E-state index is 12.7. The molecule has 2 aromatic rings. The van der Waals surface area contributed by atoms with Gasteiger partial charge >= 0.3 is 11.0 Å². The molecular weight excluding hydrogens is 298 g/mol. The molecule has 0 unspecified atom stereocenters. The number of nitrogens with zero attached hydrogens (tertiary/aromatic N) is 2. The molecule has 1 heterocycles. The van der Waals surface area contributed by atoms with E-state index < -0.39 is 28.0 Å². The lowest BCUT2D eigenvalue weighted by Gasteiger charge is -2.29. The largest absolute Gasteiger partial charge is 0.443 e. The van der Waals surface area contributed by atoms with E-state index in [0.29, 0.717) is 0 Å². The van der Waals surface area contributed by atoms with Crippen LogP contribution in [0.15, 0.2) is 60.7 Å². The lowest BCUT2D eigenvalue weighted by Crippen LogP contribution is -2.47. The summed E-state index contributed by atoms with van der Waals surface area (Å²) in [5.41, 5.74) is 10.7. The van der Waals surface area contributed by atoms with E-state index in [1.54, 1.807) is 0 Å². The summed E-state index contributed by atoms with van der Waals surface area (Å²) in [7, 11) is -1.74. The van der Waals surface area contributed by atoms with Crippen molar-refractivity contribution in [1.82, 2.24) is 5.32 Å². The average Bonchev–Trinajstić information content (AvgIpc) is 2.56. The van der Waals surface area contributed by atoms with Crippen molar-refractivity contribution >= 4 is 21.8 Å². The molecule has 5 nitrogen and oxygen atoms in total. The van der Waals surface area contributed by atoms with E-state index in [4.69, 9.17) is 5.53 Å². The van der Waals surface area contributed by atoms with Crippen LogP contribution in [0, 0.1) is 0 Å². The molecule has 1 fully saturated rings. The highest BCUT2D eigenvalue weighted by Gasteiger charge is 2.46. The van der Waals surface area contributed by atoms with Gasteiger partial charge in [0.2, 0.25) is 0 Å². The van der Waals surface area contributed by atoms with Crippen LogP contribution in [0.1, 0.15) is 22.4 Å². The Morgan fingerprint density at radius 2 is 1.50 bits per heavy atom. The Bertz CT molecular complexity index is 770. The number of hydrogen-bond acceptors (Lipinski definition) is 2. The van der Waals surface area contributed by atoms with Crippen LogP contribution in [0.25, 0.3) is 5.53 Å². The van der Waals surface area contributed by atoms with Gasteiger partial charge in [0.25, 0.3) is 0 Å². The summed E-state index contributed by atoms with van der Waals surface area (Å²) in [4.78, 5) is 14.9. The molecule has 3 rings (SSSR count). The Hall–Kier alpha value is -2.56. The predicted octanol–water partition coefficient (Wildman–Crippen LogP) is 1.98. The Morgan fingerprint density at radius 3 is 2.05 bits per heavy atom. The van der Waals surface area contributed by atoms with E-state index in [1.165, 1.54) is 0 Å². The molecule has 0 bridgehead atoms. The van der Waals surface area contributed by atoms with Crippen LogP contribution in [0.5, 0.6) is 0 Å². The number of nitrogens with one attached hydrogen (secondary N) is 1. The molecule has 1 aliphatic rings. The van der Waals surface area contributed by atoms with E-state index in [-0.39, 0.29) is 5.04 Å². The number of hydrogen-bond donors (Lipinski definition) is 1. The van der Waals surface area contributed by atoms with E-state index in [9.17, 15) is 9.00 Å². The van der Waals surface area contributed by atoms with Crippen LogP contribution in [-0.2, 0) is 15.6 Å². The third kappa shape index (κ3) is 2.50. The average molecular weight is 311 g/mol. The van der Waals surface area contributed by atoms with E-state index >= 15 is 0 Å². The zero-order valence-electron chi connectivity index (χ0n) is 11.5. The van der Waals surface area contributed by atoms with Crippen molar-refractivity contribution in [2.24, 2.45) is 0 Å². The van der Waals surface area contributed by atoms with Crippen LogP contribution in [-0.4, -0.2) is 19.9 Å². The maximum atomic E-state index is 12.7. The van der Waals surface area contributed by atoms with Crippen molar-refractivity contribution in [2.45, 2.75) is 11.3 Å². The highest BCUT2D eigenvalue weighted by atomic mass is 32.2. The normalized spacial score (nSPS) is 24.5. The van der Waals surface area contributed by atoms with Crippen molar-refractivity contribution in [2.75, 3.05) is 0 Å². The molecule has 0 spiro atoms. The fourth-order valence-corrected chi connectivity index (χ4v) is 4.02. The van der Waals surface area contributed by atoms with Gasteiger partial charge in [0.1, 0.15) is 0 Å². The molecule has 0 aromatic heterocycles. The number of carbonyl (C=O) groups excluding carboxylic acids is 1. The molecule has 1 saturated heterocycles. The first-order valence-corrected chi connectivity index (χ1v) is 7.97. The molecule has 0 saturated carbocycles. The third-order valence-corrected chi connectivity index (χ3v) is 5.24. The highest BCUT2D eigenvalue weighted by molar-refractivity contribution is 8.02. The first-order chi connectivity index (χ1) is 10.7. The maximum Gasteiger partial charge on any atom is 0.443 e. The Kier molecular flexibility index (Phi) is 3.96. The number of carbonyl (C=O) groups is 1. The summed E-state index contributed by atoms with van der Waals surface area (Å²) in [6, 6.07) is 18.2. The van der Waals surface area contributed by atoms with Crippen LogP contribution in [0.2, 0.25) is 0 Å². The topological polar surface area (TPSA) is 82.6 Å². The van der Waals surface area contributed by atoms with Gasteiger partial charge in [-0.3, -0.25) is 4.79 Å². The SMILES string of the molecule is [N-]=[N+]=C1C(=O)N[C@@H](c2ccccc2)[C@H](c2ccccc2)[S@]1=O. The van der Waals surface area contributed by atoms with E-state index in [0.717, 1.165) is 11.1 Å². The minimum absolute atomic E-state index is 0.346. The third-order valence-electron chi connectivity index (χ3n) is 3.58. The van der Waals surface area contributed by atoms with Gasteiger partial charge in [0.15, 0.2) is 10.8 Å². The Balaban J connectivity index is 2.12. The van der Waals surface area contributed by atoms with Crippen LogP contribution >= 0.6 is 0 Å². The van der Waals surface area contributed by atoms with Crippen molar-refractivity contribution in [3.63, 3.8) is 0 Å². The molecule has 110 valence electrons. The van der Waals surface area contributed by atoms with Gasteiger partial charge in [-0.05, 0) is 11.1 Å². The summed E-state index contributed by atoms with van der Waals surface area (Å²) in [6.07, 6.45) is 0. The van der Waals surface area contributed by atoms with E-state index in [2.05, 4.69) is 10.1 Å². The zero-order valence-corrected chi connectivity index (χ0v) is 12.4. The number of amides is 1. The van der Waals surface area contributed by atoms with Crippen LogP contribution in [0.4, 0.5) is 0 Å². The molecule has 3 atom stereocenters.